The highest BCUT2D eigenvalue weighted by Crippen LogP contribution is 2.11. The van der Waals surface area contributed by atoms with Crippen molar-refractivity contribution in [2.75, 3.05) is 6.61 Å². The van der Waals surface area contributed by atoms with Crippen LogP contribution in [0.25, 0.3) is 0 Å². The van der Waals surface area contributed by atoms with Crippen molar-refractivity contribution < 1.29 is 9.53 Å². The molecule has 12 heavy (non-hydrogen) atoms. The summed E-state index contributed by atoms with van der Waals surface area (Å²) in [4.78, 5) is 10.9. The second-order valence-electron chi connectivity index (χ2n) is 3.21. The number of esters is 1. The van der Waals surface area contributed by atoms with Crippen LogP contribution >= 0.6 is 0 Å². The molecule has 0 N–H and O–H groups in total. The Balaban J connectivity index is 3.24. The van der Waals surface area contributed by atoms with Crippen LogP contribution in [0.5, 0.6) is 0 Å². The summed E-state index contributed by atoms with van der Waals surface area (Å²) in [6.07, 6.45) is 3.88. The van der Waals surface area contributed by atoms with Crippen molar-refractivity contribution in [3.63, 3.8) is 0 Å². The fourth-order valence-corrected chi connectivity index (χ4v) is 1.03. The zero-order valence-electron chi connectivity index (χ0n) is 8.43. The Morgan fingerprint density at radius 3 is 2.58 bits per heavy atom. The molecule has 1 unspecified atom stereocenters. The molecule has 1 atom stereocenters. The van der Waals surface area contributed by atoms with Crippen LogP contribution in [-0.4, -0.2) is 12.6 Å². The lowest BCUT2D eigenvalue weighted by atomic mass is 10.0. The van der Waals surface area contributed by atoms with Crippen LogP contribution < -0.4 is 0 Å². The molecule has 0 rings (SSSR count). The van der Waals surface area contributed by atoms with Gasteiger partial charge in [-0.25, -0.2) is 0 Å². The van der Waals surface area contributed by atoms with Crippen LogP contribution in [0.3, 0.4) is 0 Å². The maximum absolute atomic E-state index is 10.9. The Hall–Kier alpha value is -0.530. The van der Waals surface area contributed by atoms with E-state index in [1.807, 2.05) is 6.92 Å². The topological polar surface area (TPSA) is 26.3 Å². The predicted octanol–water partition coefficient (Wildman–Crippen LogP) is 2.77. The van der Waals surface area contributed by atoms with E-state index in [0.29, 0.717) is 13.0 Å². The van der Waals surface area contributed by atoms with Crippen molar-refractivity contribution in [3.8, 4) is 0 Å². The van der Waals surface area contributed by atoms with Crippen LogP contribution in [0.2, 0.25) is 0 Å². The summed E-state index contributed by atoms with van der Waals surface area (Å²) in [7, 11) is 0. The van der Waals surface area contributed by atoms with E-state index in [4.69, 9.17) is 4.74 Å². The third-order valence-electron chi connectivity index (χ3n) is 2.08. The summed E-state index contributed by atoms with van der Waals surface area (Å²) in [5.41, 5.74) is 0. The van der Waals surface area contributed by atoms with Gasteiger partial charge in [0, 0.05) is 6.42 Å². The van der Waals surface area contributed by atoms with E-state index >= 15 is 0 Å². The summed E-state index contributed by atoms with van der Waals surface area (Å²) in [6, 6.07) is 0. The molecule has 2 heteroatoms. The summed E-state index contributed by atoms with van der Waals surface area (Å²) >= 11 is 0. The Morgan fingerprint density at radius 2 is 2.08 bits per heavy atom. The lowest BCUT2D eigenvalue weighted by molar-refractivity contribution is -0.143. The molecule has 2 nitrogen and oxygen atoms in total. The molecule has 0 aromatic carbocycles. The molecule has 0 saturated carbocycles. The lowest BCUT2D eigenvalue weighted by Crippen LogP contribution is -2.04. The van der Waals surface area contributed by atoms with E-state index in [0.717, 1.165) is 18.8 Å². The van der Waals surface area contributed by atoms with E-state index in [1.54, 1.807) is 0 Å². The minimum absolute atomic E-state index is 0.0548. The molecule has 0 bridgehead atoms. The van der Waals surface area contributed by atoms with Crippen LogP contribution in [0, 0.1) is 5.92 Å². The van der Waals surface area contributed by atoms with Crippen molar-refractivity contribution in [2.24, 2.45) is 5.92 Å². The number of carbonyl (C=O) groups excluding carboxylic acids is 1. The number of rotatable bonds is 6. The molecule has 0 spiro atoms. The first-order chi connectivity index (χ1) is 5.70. The van der Waals surface area contributed by atoms with E-state index in [2.05, 4.69) is 13.8 Å². The Bertz CT molecular complexity index is 121. The van der Waals surface area contributed by atoms with Crippen molar-refractivity contribution >= 4 is 5.97 Å². The summed E-state index contributed by atoms with van der Waals surface area (Å²) in [5, 5.41) is 0. The molecular weight excluding hydrogens is 152 g/mol. The van der Waals surface area contributed by atoms with Gasteiger partial charge in [-0.2, -0.15) is 0 Å². The Kier molecular flexibility index (Phi) is 6.82. The van der Waals surface area contributed by atoms with Gasteiger partial charge in [0.2, 0.25) is 0 Å². The molecule has 0 saturated heterocycles. The zero-order chi connectivity index (χ0) is 9.40. The Morgan fingerprint density at radius 1 is 1.42 bits per heavy atom. The third-order valence-corrected chi connectivity index (χ3v) is 2.08. The molecule has 0 radical (unpaired) electrons. The molecule has 0 aromatic heterocycles. The first-order valence-corrected chi connectivity index (χ1v) is 4.86. The van der Waals surface area contributed by atoms with E-state index < -0.39 is 0 Å². The molecule has 72 valence electrons. The fraction of sp³-hybridized carbons (Fsp3) is 0.900. The highest BCUT2D eigenvalue weighted by atomic mass is 16.5. The van der Waals surface area contributed by atoms with Gasteiger partial charge >= 0.3 is 5.97 Å². The monoisotopic (exact) mass is 172 g/mol. The smallest absolute Gasteiger partial charge is 0.305 e. The van der Waals surface area contributed by atoms with Gasteiger partial charge in [0.15, 0.2) is 0 Å². The second-order valence-corrected chi connectivity index (χ2v) is 3.21. The summed E-state index contributed by atoms with van der Waals surface area (Å²) in [5.74, 6) is 0.681. The quantitative estimate of drug-likeness (QED) is 0.576. The summed E-state index contributed by atoms with van der Waals surface area (Å²) in [6.45, 7) is 6.73. The largest absolute Gasteiger partial charge is 0.466 e. The predicted molar refractivity (Wildman–Crippen MR) is 49.9 cm³/mol. The summed E-state index contributed by atoms with van der Waals surface area (Å²) < 4.78 is 4.82. The van der Waals surface area contributed by atoms with Gasteiger partial charge in [-0.1, -0.05) is 26.7 Å². The molecule has 0 aliphatic rings. The van der Waals surface area contributed by atoms with Gasteiger partial charge in [-0.05, 0) is 19.3 Å². The van der Waals surface area contributed by atoms with Crippen molar-refractivity contribution in [3.05, 3.63) is 0 Å². The Labute approximate surface area is 75.3 Å². The van der Waals surface area contributed by atoms with Gasteiger partial charge in [0.25, 0.3) is 0 Å². The standard InChI is InChI=1S/C10H20O2/c1-4-9(3)7-6-8-10(11)12-5-2/h9H,4-8H2,1-3H3. The van der Waals surface area contributed by atoms with Crippen molar-refractivity contribution in [2.45, 2.75) is 46.5 Å². The van der Waals surface area contributed by atoms with Gasteiger partial charge in [0.05, 0.1) is 6.61 Å². The van der Waals surface area contributed by atoms with Gasteiger partial charge < -0.3 is 4.74 Å². The molecular formula is C10H20O2. The first kappa shape index (κ1) is 11.5. The fourth-order valence-electron chi connectivity index (χ4n) is 1.03. The number of ether oxygens (including phenoxy) is 1. The maximum atomic E-state index is 10.9. The van der Waals surface area contributed by atoms with Crippen LogP contribution in [0.15, 0.2) is 0 Å². The highest BCUT2D eigenvalue weighted by Gasteiger charge is 2.03. The van der Waals surface area contributed by atoms with Crippen LogP contribution in [0.1, 0.15) is 46.5 Å². The molecule has 0 aromatic rings. The number of carbonyl (C=O) groups is 1. The third kappa shape index (κ3) is 6.20. The SMILES string of the molecule is CCOC(=O)CCCC(C)CC. The van der Waals surface area contributed by atoms with Crippen molar-refractivity contribution in [1.82, 2.24) is 0 Å². The average molecular weight is 172 g/mol. The van der Waals surface area contributed by atoms with Crippen molar-refractivity contribution in [1.29, 1.82) is 0 Å². The van der Waals surface area contributed by atoms with Gasteiger partial charge in [-0.15, -0.1) is 0 Å². The van der Waals surface area contributed by atoms with Gasteiger partial charge in [0.1, 0.15) is 0 Å². The molecule has 0 aliphatic heterocycles. The number of hydrogen-bond donors (Lipinski definition) is 0. The van der Waals surface area contributed by atoms with Crippen LogP contribution in [-0.2, 0) is 9.53 Å². The lowest BCUT2D eigenvalue weighted by Gasteiger charge is -2.06. The molecule has 0 aliphatic carbocycles. The maximum Gasteiger partial charge on any atom is 0.305 e. The molecule has 0 amide bonds. The second kappa shape index (κ2) is 7.14. The minimum Gasteiger partial charge on any atom is -0.466 e. The number of hydrogen-bond acceptors (Lipinski definition) is 2. The van der Waals surface area contributed by atoms with E-state index in [1.165, 1.54) is 6.42 Å². The first-order valence-electron chi connectivity index (χ1n) is 4.86. The normalized spacial score (nSPS) is 12.6. The van der Waals surface area contributed by atoms with Crippen LogP contribution in [0.4, 0.5) is 0 Å². The van der Waals surface area contributed by atoms with Gasteiger partial charge in [-0.3, -0.25) is 4.79 Å². The highest BCUT2D eigenvalue weighted by molar-refractivity contribution is 5.69. The zero-order valence-corrected chi connectivity index (χ0v) is 8.43. The molecule has 0 heterocycles. The van der Waals surface area contributed by atoms with E-state index in [9.17, 15) is 4.79 Å². The minimum atomic E-state index is -0.0548. The molecule has 0 fully saturated rings. The average Bonchev–Trinajstić information content (AvgIpc) is 2.04. The van der Waals surface area contributed by atoms with E-state index in [-0.39, 0.29) is 5.97 Å².